The lowest BCUT2D eigenvalue weighted by molar-refractivity contribution is 0.490. The van der Waals surface area contributed by atoms with Gasteiger partial charge in [0, 0.05) is 21.7 Å². The van der Waals surface area contributed by atoms with Gasteiger partial charge in [0.2, 0.25) is 0 Å². The molecule has 1 aliphatic rings. The van der Waals surface area contributed by atoms with Gasteiger partial charge >= 0.3 is 0 Å². The SMILES string of the molecule is CC(C#N)(CSc1cc(Cl)ccc1Cl)NC1CC1. The summed E-state index contributed by atoms with van der Waals surface area (Å²) in [6, 6.07) is 8.23. The van der Waals surface area contributed by atoms with Crippen LogP contribution in [0, 0.1) is 11.3 Å². The van der Waals surface area contributed by atoms with Crippen LogP contribution in [0.4, 0.5) is 0 Å². The van der Waals surface area contributed by atoms with E-state index in [1.165, 1.54) is 12.8 Å². The fraction of sp³-hybridized carbons (Fsp3) is 0.462. The molecule has 0 heterocycles. The molecule has 0 saturated heterocycles. The van der Waals surface area contributed by atoms with Crippen molar-refractivity contribution in [2.24, 2.45) is 0 Å². The number of nitriles is 1. The van der Waals surface area contributed by atoms with Gasteiger partial charge in [0.15, 0.2) is 0 Å². The van der Waals surface area contributed by atoms with E-state index < -0.39 is 5.54 Å². The predicted octanol–water partition coefficient (Wildman–Crippen LogP) is 4.12. The molecule has 18 heavy (non-hydrogen) atoms. The smallest absolute Gasteiger partial charge is 0.113 e. The Balaban J connectivity index is 2.00. The highest BCUT2D eigenvalue weighted by atomic mass is 35.5. The van der Waals surface area contributed by atoms with E-state index >= 15 is 0 Å². The number of nitrogens with zero attached hydrogens (tertiary/aromatic N) is 1. The average Bonchev–Trinajstić information content (AvgIpc) is 3.14. The van der Waals surface area contributed by atoms with E-state index in [0.29, 0.717) is 21.8 Å². The highest BCUT2D eigenvalue weighted by Gasteiger charge is 2.32. The Labute approximate surface area is 122 Å². The topological polar surface area (TPSA) is 35.8 Å². The lowest BCUT2D eigenvalue weighted by Gasteiger charge is -2.23. The molecule has 5 heteroatoms. The lowest BCUT2D eigenvalue weighted by Crippen LogP contribution is -2.44. The van der Waals surface area contributed by atoms with Gasteiger partial charge in [-0.25, -0.2) is 0 Å². The summed E-state index contributed by atoms with van der Waals surface area (Å²) in [4.78, 5) is 0.920. The minimum absolute atomic E-state index is 0.505. The number of benzene rings is 1. The van der Waals surface area contributed by atoms with Gasteiger partial charge in [0.25, 0.3) is 0 Å². The maximum absolute atomic E-state index is 9.28. The van der Waals surface area contributed by atoms with Crippen LogP contribution in [0.15, 0.2) is 23.1 Å². The Bertz CT molecular complexity index is 482. The lowest BCUT2D eigenvalue weighted by atomic mass is 10.1. The summed E-state index contributed by atoms with van der Waals surface area (Å²) < 4.78 is 0. The fourth-order valence-electron chi connectivity index (χ4n) is 1.59. The zero-order chi connectivity index (χ0) is 13.2. The molecule has 0 radical (unpaired) electrons. The molecule has 1 aliphatic carbocycles. The molecule has 0 aromatic heterocycles. The summed E-state index contributed by atoms with van der Waals surface area (Å²) in [5.74, 6) is 0.653. The number of nitrogens with one attached hydrogen (secondary N) is 1. The molecule has 0 spiro atoms. The second-order valence-electron chi connectivity index (χ2n) is 4.73. The van der Waals surface area contributed by atoms with E-state index in [1.807, 2.05) is 13.0 Å². The summed E-state index contributed by atoms with van der Waals surface area (Å²) in [7, 11) is 0. The van der Waals surface area contributed by atoms with Crippen LogP contribution in [0.3, 0.4) is 0 Å². The molecule has 1 unspecified atom stereocenters. The van der Waals surface area contributed by atoms with E-state index in [-0.39, 0.29) is 0 Å². The van der Waals surface area contributed by atoms with Crippen molar-refractivity contribution in [3.05, 3.63) is 28.2 Å². The van der Waals surface area contributed by atoms with Gasteiger partial charge in [-0.1, -0.05) is 23.2 Å². The highest BCUT2D eigenvalue weighted by Crippen LogP contribution is 2.32. The van der Waals surface area contributed by atoms with Gasteiger partial charge in [0.1, 0.15) is 5.54 Å². The molecule has 2 rings (SSSR count). The third kappa shape index (κ3) is 3.80. The largest absolute Gasteiger partial charge is 0.296 e. The minimum atomic E-state index is -0.516. The van der Waals surface area contributed by atoms with Crippen molar-refractivity contribution in [1.29, 1.82) is 5.26 Å². The van der Waals surface area contributed by atoms with Gasteiger partial charge in [-0.2, -0.15) is 5.26 Å². The Morgan fingerprint density at radius 3 is 2.83 bits per heavy atom. The van der Waals surface area contributed by atoms with E-state index in [1.54, 1.807) is 23.9 Å². The molecule has 1 saturated carbocycles. The second-order valence-corrected chi connectivity index (χ2v) is 6.59. The standard InChI is InChI=1S/C13H14Cl2N2S/c1-13(7-16,17-10-3-4-10)8-18-12-6-9(14)2-5-11(12)15/h2,5-6,10,17H,3-4,8H2,1H3. The Morgan fingerprint density at radius 2 is 2.22 bits per heavy atom. The first-order valence-electron chi connectivity index (χ1n) is 5.79. The van der Waals surface area contributed by atoms with Crippen LogP contribution in [0.25, 0.3) is 0 Å². The van der Waals surface area contributed by atoms with Crippen LogP contribution >= 0.6 is 35.0 Å². The van der Waals surface area contributed by atoms with Crippen molar-refractivity contribution in [3.63, 3.8) is 0 Å². The predicted molar refractivity (Wildman–Crippen MR) is 77.4 cm³/mol. The van der Waals surface area contributed by atoms with Crippen LogP contribution in [0.5, 0.6) is 0 Å². The molecule has 2 nitrogen and oxygen atoms in total. The number of hydrogen-bond donors (Lipinski definition) is 1. The molecule has 96 valence electrons. The first-order chi connectivity index (χ1) is 8.52. The monoisotopic (exact) mass is 300 g/mol. The van der Waals surface area contributed by atoms with Crippen LogP contribution in [0.1, 0.15) is 19.8 Å². The van der Waals surface area contributed by atoms with E-state index in [4.69, 9.17) is 23.2 Å². The highest BCUT2D eigenvalue weighted by molar-refractivity contribution is 7.99. The molecule has 0 bridgehead atoms. The maximum atomic E-state index is 9.28. The van der Waals surface area contributed by atoms with Gasteiger partial charge in [0.05, 0.1) is 11.1 Å². The minimum Gasteiger partial charge on any atom is -0.296 e. The van der Waals surface area contributed by atoms with E-state index in [0.717, 1.165) is 4.90 Å². The van der Waals surface area contributed by atoms with Gasteiger partial charge in [-0.3, -0.25) is 5.32 Å². The maximum Gasteiger partial charge on any atom is 0.113 e. The summed E-state index contributed by atoms with van der Waals surface area (Å²) in [5.41, 5.74) is -0.516. The summed E-state index contributed by atoms with van der Waals surface area (Å²) in [5, 5.41) is 14.0. The van der Waals surface area contributed by atoms with Crippen molar-refractivity contribution in [1.82, 2.24) is 5.32 Å². The quantitative estimate of drug-likeness (QED) is 0.831. The molecular formula is C13H14Cl2N2S. The fourth-order valence-corrected chi connectivity index (χ4v) is 3.12. The summed E-state index contributed by atoms with van der Waals surface area (Å²) >= 11 is 13.6. The molecule has 1 atom stereocenters. The van der Waals surface area contributed by atoms with Crippen LogP contribution < -0.4 is 5.32 Å². The third-order valence-corrected chi connectivity index (χ3v) is 4.80. The van der Waals surface area contributed by atoms with Crippen molar-refractivity contribution in [3.8, 4) is 6.07 Å². The number of halogens is 2. The molecule has 0 amide bonds. The van der Waals surface area contributed by atoms with Crippen molar-refractivity contribution >= 4 is 35.0 Å². The zero-order valence-corrected chi connectivity index (χ0v) is 12.4. The Morgan fingerprint density at radius 1 is 1.50 bits per heavy atom. The van der Waals surface area contributed by atoms with Crippen LogP contribution in [0.2, 0.25) is 10.0 Å². The molecule has 1 aromatic rings. The summed E-state index contributed by atoms with van der Waals surface area (Å²) in [6.45, 7) is 1.93. The van der Waals surface area contributed by atoms with Gasteiger partial charge in [-0.15, -0.1) is 11.8 Å². The van der Waals surface area contributed by atoms with Crippen LogP contribution in [-0.2, 0) is 0 Å². The second kappa shape index (κ2) is 5.71. The zero-order valence-electron chi connectivity index (χ0n) is 10.0. The third-order valence-electron chi connectivity index (χ3n) is 2.76. The number of hydrogen-bond acceptors (Lipinski definition) is 3. The molecular weight excluding hydrogens is 287 g/mol. The molecule has 0 aliphatic heterocycles. The molecule has 1 N–H and O–H groups in total. The first kappa shape index (κ1) is 14.0. The number of rotatable bonds is 5. The van der Waals surface area contributed by atoms with E-state index in [2.05, 4.69) is 11.4 Å². The van der Waals surface area contributed by atoms with E-state index in [9.17, 15) is 5.26 Å². The molecule has 1 aromatic carbocycles. The van der Waals surface area contributed by atoms with Crippen molar-refractivity contribution in [2.45, 2.75) is 36.2 Å². The van der Waals surface area contributed by atoms with Crippen LogP contribution in [-0.4, -0.2) is 17.3 Å². The van der Waals surface area contributed by atoms with Gasteiger partial charge < -0.3 is 0 Å². The Kier molecular flexibility index (Phi) is 4.45. The van der Waals surface area contributed by atoms with Gasteiger partial charge in [-0.05, 0) is 38.0 Å². The average molecular weight is 301 g/mol. The normalized spacial score (nSPS) is 18.1. The Hall–Kier alpha value is -0.400. The molecule has 1 fully saturated rings. The van der Waals surface area contributed by atoms with Crippen molar-refractivity contribution in [2.75, 3.05) is 5.75 Å². The summed E-state index contributed by atoms with van der Waals surface area (Å²) in [6.07, 6.45) is 2.33. The number of thioether (sulfide) groups is 1. The van der Waals surface area contributed by atoms with Crippen molar-refractivity contribution < 1.29 is 0 Å². The first-order valence-corrected chi connectivity index (χ1v) is 7.53.